The maximum Gasteiger partial charge on any atom is 0.410 e. The molecule has 2 saturated heterocycles. The number of rotatable bonds is 4. The molecule has 6 nitrogen and oxygen atoms in total. The number of fused-ring (bicyclic) bond motifs is 1. The maximum atomic E-state index is 12.7. The molecule has 27 heavy (non-hydrogen) atoms. The molecule has 0 unspecified atom stereocenters. The zero-order valence-corrected chi connectivity index (χ0v) is 15.7. The number of hydrogen-bond acceptors (Lipinski definition) is 4. The third kappa shape index (κ3) is 3.62. The summed E-state index contributed by atoms with van der Waals surface area (Å²) in [7, 11) is 0. The number of hydrogen-bond donors (Lipinski definition) is 0. The Morgan fingerprint density at radius 3 is 2.89 bits per heavy atom. The van der Waals surface area contributed by atoms with Gasteiger partial charge < -0.3 is 9.64 Å². The van der Waals surface area contributed by atoms with Crippen LogP contribution in [0.3, 0.4) is 0 Å². The molecule has 2 amide bonds. The Morgan fingerprint density at radius 1 is 1.30 bits per heavy atom. The Labute approximate surface area is 162 Å². The van der Waals surface area contributed by atoms with Crippen LogP contribution in [0.4, 0.5) is 4.79 Å². The van der Waals surface area contributed by atoms with E-state index in [1.165, 1.54) is 0 Å². The van der Waals surface area contributed by atoms with Crippen LogP contribution in [0.15, 0.2) is 42.6 Å². The molecule has 4 rings (SSSR count). The van der Waals surface area contributed by atoms with Gasteiger partial charge in [0.25, 0.3) is 5.91 Å². The summed E-state index contributed by atoms with van der Waals surface area (Å²) in [5.41, 5.74) is 2.48. The van der Waals surface area contributed by atoms with E-state index in [9.17, 15) is 9.59 Å². The first kappa shape index (κ1) is 17.8. The zero-order chi connectivity index (χ0) is 19.0. The van der Waals surface area contributed by atoms with E-state index >= 15 is 0 Å². The average Bonchev–Trinajstić information content (AvgIpc) is 3.17. The summed E-state index contributed by atoms with van der Waals surface area (Å²) in [5.74, 6) is -0.0808. The highest BCUT2D eigenvalue weighted by atomic mass is 35.5. The second-order valence-electron chi connectivity index (χ2n) is 6.96. The smallest absolute Gasteiger partial charge is 0.410 e. The van der Waals surface area contributed by atoms with Crippen molar-refractivity contribution < 1.29 is 14.3 Å². The SMILES string of the molecule is Cc1ccc(C(=O)N2C[C@H]3OC(=O)N(CCc4cccc(Cl)c4)[C@H]3C2)cn1. The van der Waals surface area contributed by atoms with Gasteiger partial charge in [0.2, 0.25) is 0 Å². The summed E-state index contributed by atoms with van der Waals surface area (Å²) < 4.78 is 5.50. The molecular formula is C20H20ClN3O3. The van der Waals surface area contributed by atoms with E-state index in [1.54, 1.807) is 22.1 Å². The van der Waals surface area contributed by atoms with E-state index in [2.05, 4.69) is 4.98 Å². The van der Waals surface area contributed by atoms with Crippen molar-refractivity contribution in [2.24, 2.45) is 0 Å². The van der Waals surface area contributed by atoms with Crippen LogP contribution in [0.25, 0.3) is 0 Å². The minimum absolute atomic E-state index is 0.0808. The maximum absolute atomic E-state index is 12.7. The number of pyridine rings is 1. The monoisotopic (exact) mass is 385 g/mol. The Bertz CT molecular complexity index is 871. The van der Waals surface area contributed by atoms with Crippen molar-refractivity contribution >= 4 is 23.6 Å². The molecule has 0 aliphatic carbocycles. The Kier molecular flexibility index (Phi) is 4.74. The lowest BCUT2D eigenvalue weighted by atomic mass is 10.1. The van der Waals surface area contributed by atoms with Gasteiger partial charge in [-0.25, -0.2) is 4.79 Å². The molecule has 2 aliphatic heterocycles. The van der Waals surface area contributed by atoms with Gasteiger partial charge in [-0.05, 0) is 43.2 Å². The molecule has 2 fully saturated rings. The quantitative estimate of drug-likeness (QED) is 0.811. The number of likely N-dealkylation sites (tertiary alicyclic amines) is 1. The number of halogens is 1. The van der Waals surface area contributed by atoms with Gasteiger partial charge in [0.05, 0.1) is 18.2 Å². The van der Waals surface area contributed by atoms with Gasteiger partial charge in [0.1, 0.15) is 6.10 Å². The summed E-state index contributed by atoms with van der Waals surface area (Å²) in [4.78, 5) is 32.6. The predicted octanol–water partition coefficient (Wildman–Crippen LogP) is 2.93. The van der Waals surface area contributed by atoms with Crippen molar-refractivity contribution in [2.75, 3.05) is 19.6 Å². The van der Waals surface area contributed by atoms with Crippen molar-refractivity contribution in [1.82, 2.24) is 14.8 Å². The molecule has 2 aliphatic rings. The van der Waals surface area contributed by atoms with E-state index in [-0.39, 0.29) is 24.1 Å². The van der Waals surface area contributed by atoms with Crippen LogP contribution >= 0.6 is 11.6 Å². The first-order valence-corrected chi connectivity index (χ1v) is 9.33. The summed E-state index contributed by atoms with van der Waals surface area (Å²) >= 11 is 6.03. The number of benzene rings is 1. The lowest BCUT2D eigenvalue weighted by Crippen LogP contribution is -2.40. The van der Waals surface area contributed by atoms with Gasteiger partial charge in [0.15, 0.2) is 0 Å². The fraction of sp³-hybridized carbons (Fsp3) is 0.350. The molecule has 0 N–H and O–H groups in total. The molecule has 0 bridgehead atoms. The number of amides is 2. The van der Waals surface area contributed by atoms with Gasteiger partial charge in [-0.3, -0.25) is 14.7 Å². The molecule has 2 atom stereocenters. The number of aromatic nitrogens is 1. The van der Waals surface area contributed by atoms with Crippen LogP contribution in [-0.4, -0.2) is 58.6 Å². The minimum atomic E-state index is -0.309. The molecule has 1 aromatic carbocycles. The first-order valence-electron chi connectivity index (χ1n) is 8.95. The Balaban J connectivity index is 1.42. The van der Waals surface area contributed by atoms with Crippen LogP contribution in [0, 0.1) is 6.92 Å². The molecule has 140 valence electrons. The van der Waals surface area contributed by atoms with E-state index in [1.807, 2.05) is 37.3 Å². The summed E-state index contributed by atoms with van der Waals surface area (Å²) in [6.45, 7) is 3.30. The van der Waals surface area contributed by atoms with Crippen molar-refractivity contribution in [3.8, 4) is 0 Å². The minimum Gasteiger partial charge on any atom is -0.442 e. The van der Waals surface area contributed by atoms with Crippen LogP contribution in [0.5, 0.6) is 0 Å². The molecule has 0 spiro atoms. The van der Waals surface area contributed by atoms with Crippen molar-refractivity contribution in [3.63, 3.8) is 0 Å². The second-order valence-corrected chi connectivity index (χ2v) is 7.40. The van der Waals surface area contributed by atoms with Gasteiger partial charge in [0, 0.05) is 30.0 Å². The molecule has 7 heteroatoms. The van der Waals surface area contributed by atoms with Crippen molar-refractivity contribution in [2.45, 2.75) is 25.5 Å². The number of ether oxygens (including phenoxy) is 1. The first-order chi connectivity index (χ1) is 13.0. The summed E-state index contributed by atoms with van der Waals surface area (Å²) in [6, 6.07) is 11.1. The summed E-state index contributed by atoms with van der Waals surface area (Å²) in [5, 5.41) is 0.679. The van der Waals surface area contributed by atoms with E-state index in [4.69, 9.17) is 16.3 Å². The normalized spacial score (nSPS) is 21.3. The molecule has 3 heterocycles. The fourth-order valence-electron chi connectivity index (χ4n) is 3.65. The largest absolute Gasteiger partial charge is 0.442 e. The van der Waals surface area contributed by atoms with Gasteiger partial charge in [-0.2, -0.15) is 0 Å². The highest BCUT2D eigenvalue weighted by Gasteiger charge is 2.48. The number of carbonyl (C=O) groups is 2. The second kappa shape index (κ2) is 7.19. The zero-order valence-electron chi connectivity index (χ0n) is 15.0. The van der Waals surface area contributed by atoms with Gasteiger partial charge in [-0.15, -0.1) is 0 Å². The average molecular weight is 386 g/mol. The van der Waals surface area contributed by atoms with Crippen LogP contribution < -0.4 is 0 Å². The van der Waals surface area contributed by atoms with E-state index in [0.29, 0.717) is 36.6 Å². The lowest BCUT2D eigenvalue weighted by molar-refractivity contribution is 0.0728. The number of aryl methyl sites for hydroxylation is 1. The molecule has 0 saturated carbocycles. The lowest BCUT2D eigenvalue weighted by Gasteiger charge is -2.22. The topological polar surface area (TPSA) is 62.7 Å². The number of nitrogens with zero attached hydrogens (tertiary/aromatic N) is 3. The van der Waals surface area contributed by atoms with Gasteiger partial charge in [-0.1, -0.05) is 23.7 Å². The van der Waals surface area contributed by atoms with Crippen LogP contribution in [0.1, 0.15) is 21.6 Å². The van der Waals surface area contributed by atoms with Crippen LogP contribution in [0.2, 0.25) is 5.02 Å². The van der Waals surface area contributed by atoms with Crippen LogP contribution in [-0.2, 0) is 11.2 Å². The molecule has 1 aromatic heterocycles. The molecule has 0 radical (unpaired) electrons. The van der Waals surface area contributed by atoms with Crippen molar-refractivity contribution in [3.05, 3.63) is 64.4 Å². The van der Waals surface area contributed by atoms with Gasteiger partial charge >= 0.3 is 6.09 Å². The summed E-state index contributed by atoms with van der Waals surface area (Å²) in [6.07, 6.45) is 1.69. The highest BCUT2D eigenvalue weighted by molar-refractivity contribution is 6.30. The van der Waals surface area contributed by atoms with E-state index in [0.717, 1.165) is 11.3 Å². The highest BCUT2D eigenvalue weighted by Crippen LogP contribution is 2.28. The fourth-order valence-corrected chi connectivity index (χ4v) is 3.86. The Morgan fingerprint density at radius 2 is 2.15 bits per heavy atom. The van der Waals surface area contributed by atoms with E-state index < -0.39 is 0 Å². The third-order valence-electron chi connectivity index (χ3n) is 5.10. The molecule has 2 aromatic rings. The Hall–Kier alpha value is -2.60. The standard InChI is InChI=1S/C20H20ClN3O3/c1-13-5-6-15(10-22-13)19(25)23-11-17-18(12-23)27-20(26)24(17)8-7-14-3-2-4-16(21)9-14/h2-6,9-10,17-18H,7-8,11-12H2,1H3/t17-,18+/m0/s1. The number of carbonyl (C=O) groups excluding carboxylic acids is 2. The predicted molar refractivity (Wildman–Crippen MR) is 101 cm³/mol. The third-order valence-corrected chi connectivity index (χ3v) is 5.34. The molecular weight excluding hydrogens is 366 g/mol. The van der Waals surface area contributed by atoms with Crippen molar-refractivity contribution in [1.29, 1.82) is 0 Å².